The Morgan fingerprint density at radius 1 is 1.00 bits per heavy atom. The van der Waals surface area contributed by atoms with Crippen LogP contribution in [0.1, 0.15) is 77.6 Å². The van der Waals surface area contributed by atoms with Crippen LogP contribution < -0.4 is 0 Å². The van der Waals surface area contributed by atoms with Crippen LogP contribution in [0, 0.1) is 5.92 Å². The highest BCUT2D eigenvalue weighted by Crippen LogP contribution is 2.20. The zero-order chi connectivity index (χ0) is 14.8. The third-order valence-corrected chi connectivity index (χ3v) is 4.68. The lowest BCUT2D eigenvalue weighted by Gasteiger charge is -2.30. The average Bonchev–Trinajstić information content (AvgIpc) is 2.39. The predicted molar refractivity (Wildman–Crippen MR) is 84.0 cm³/mol. The van der Waals surface area contributed by atoms with Crippen LogP contribution in [0.5, 0.6) is 0 Å². The number of aliphatic carboxylic acids is 1. The van der Waals surface area contributed by atoms with Gasteiger partial charge in [-0.1, -0.05) is 64.7 Å². The smallest absolute Gasteiger partial charge is 0.307 e. The third-order valence-electron chi connectivity index (χ3n) is 4.68. The second-order valence-electron chi connectivity index (χ2n) is 6.59. The van der Waals surface area contributed by atoms with Crippen molar-refractivity contribution < 1.29 is 9.90 Å². The quantitative estimate of drug-likeness (QED) is 0.835. The molecule has 0 aromatic rings. The summed E-state index contributed by atoms with van der Waals surface area (Å²) in [5.74, 6) is -0.939. The minimum atomic E-state index is -0.676. The molecule has 0 heterocycles. The summed E-state index contributed by atoms with van der Waals surface area (Å²) in [5.41, 5.74) is 0. The summed E-state index contributed by atoms with van der Waals surface area (Å²) in [5, 5.41) is 9.05. The van der Waals surface area contributed by atoms with Gasteiger partial charge in [0.1, 0.15) is 0 Å². The number of carbonyl (C=O) groups is 1. The first-order valence-electron chi connectivity index (χ1n) is 8.54. The first-order valence-corrected chi connectivity index (χ1v) is 8.54. The van der Waals surface area contributed by atoms with E-state index in [-0.39, 0.29) is 5.92 Å². The fourth-order valence-electron chi connectivity index (χ4n) is 3.24. The topological polar surface area (TPSA) is 40.5 Å². The third kappa shape index (κ3) is 7.28. The summed E-state index contributed by atoms with van der Waals surface area (Å²) in [4.78, 5) is 13.3. The summed E-state index contributed by atoms with van der Waals surface area (Å²) < 4.78 is 0. The molecule has 0 radical (unpaired) electrons. The van der Waals surface area contributed by atoms with Gasteiger partial charge in [-0.05, 0) is 19.9 Å². The van der Waals surface area contributed by atoms with Crippen molar-refractivity contribution in [1.82, 2.24) is 4.90 Å². The molecule has 1 rings (SSSR count). The van der Waals surface area contributed by atoms with E-state index < -0.39 is 5.97 Å². The summed E-state index contributed by atoms with van der Waals surface area (Å²) in [6.45, 7) is 2.49. The normalized spacial score (nSPS) is 21.9. The van der Waals surface area contributed by atoms with Crippen molar-refractivity contribution >= 4 is 5.97 Å². The number of carboxylic acids is 1. The molecule has 1 atom stereocenters. The number of carboxylic acid groups (broad SMARTS) is 1. The molecule has 1 fully saturated rings. The molecule has 0 aliphatic heterocycles. The second kappa shape index (κ2) is 10.2. The first kappa shape index (κ1) is 17.5. The van der Waals surface area contributed by atoms with Crippen LogP contribution in [0.15, 0.2) is 0 Å². The van der Waals surface area contributed by atoms with Crippen molar-refractivity contribution in [2.75, 3.05) is 13.6 Å². The molecule has 1 unspecified atom stereocenters. The van der Waals surface area contributed by atoms with Gasteiger partial charge in [-0.3, -0.25) is 4.79 Å². The van der Waals surface area contributed by atoms with Crippen LogP contribution in [0.2, 0.25) is 0 Å². The van der Waals surface area contributed by atoms with Gasteiger partial charge in [0.05, 0.1) is 5.92 Å². The van der Waals surface area contributed by atoms with Gasteiger partial charge in [-0.15, -0.1) is 0 Å². The Kier molecular flexibility index (Phi) is 8.92. The Morgan fingerprint density at radius 2 is 1.40 bits per heavy atom. The molecule has 118 valence electrons. The minimum Gasteiger partial charge on any atom is -0.481 e. The van der Waals surface area contributed by atoms with E-state index in [0.29, 0.717) is 12.6 Å². The molecule has 3 nitrogen and oxygen atoms in total. The molecule has 0 bridgehead atoms. The van der Waals surface area contributed by atoms with Gasteiger partial charge < -0.3 is 10.0 Å². The van der Waals surface area contributed by atoms with Gasteiger partial charge in [0.2, 0.25) is 0 Å². The SMILES string of the molecule is CC(CN(C)C1CCCCCCCCCCC1)C(=O)O. The van der Waals surface area contributed by atoms with Crippen molar-refractivity contribution in [3.05, 3.63) is 0 Å². The monoisotopic (exact) mass is 283 g/mol. The summed E-state index contributed by atoms with van der Waals surface area (Å²) >= 11 is 0. The van der Waals surface area contributed by atoms with Gasteiger partial charge in [-0.25, -0.2) is 0 Å². The van der Waals surface area contributed by atoms with Gasteiger partial charge in [0.15, 0.2) is 0 Å². The van der Waals surface area contributed by atoms with E-state index >= 15 is 0 Å². The standard InChI is InChI=1S/C17H33NO2/c1-15(17(19)20)14-18(2)16-12-10-8-6-4-3-5-7-9-11-13-16/h15-16H,3-14H2,1-2H3,(H,19,20). The van der Waals surface area contributed by atoms with Crippen LogP contribution >= 0.6 is 0 Å². The minimum absolute atomic E-state index is 0.263. The van der Waals surface area contributed by atoms with Crippen LogP contribution in [0.3, 0.4) is 0 Å². The summed E-state index contributed by atoms with van der Waals surface area (Å²) in [6, 6.07) is 0.580. The molecule has 0 saturated heterocycles. The van der Waals surface area contributed by atoms with E-state index in [1.807, 2.05) is 6.92 Å². The van der Waals surface area contributed by atoms with Gasteiger partial charge in [0, 0.05) is 12.6 Å². The lowest BCUT2D eigenvalue weighted by molar-refractivity contribution is -0.141. The maximum Gasteiger partial charge on any atom is 0.307 e. The lowest BCUT2D eigenvalue weighted by Crippen LogP contribution is -2.37. The van der Waals surface area contributed by atoms with Crippen molar-refractivity contribution in [2.24, 2.45) is 5.92 Å². The molecule has 3 heteroatoms. The summed E-state index contributed by atoms with van der Waals surface area (Å²) in [7, 11) is 2.11. The van der Waals surface area contributed by atoms with E-state index in [1.165, 1.54) is 70.6 Å². The Bertz CT molecular complexity index is 256. The molecule has 1 N–H and O–H groups in total. The predicted octanol–water partition coefficient (Wildman–Crippen LogP) is 4.31. The second-order valence-corrected chi connectivity index (χ2v) is 6.59. The van der Waals surface area contributed by atoms with Gasteiger partial charge in [-0.2, -0.15) is 0 Å². The Hall–Kier alpha value is -0.570. The molecule has 1 saturated carbocycles. The van der Waals surface area contributed by atoms with Gasteiger partial charge >= 0.3 is 5.97 Å². The molecule has 0 spiro atoms. The molecule has 20 heavy (non-hydrogen) atoms. The first-order chi connectivity index (χ1) is 9.61. The lowest BCUT2D eigenvalue weighted by atomic mass is 9.96. The maximum atomic E-state index is 11.0. The largest absolute Gasteiger partial charge is 0.481 e. The number of nitrogens with zero attached hydrogens (tertiary/aromatic N) is 1. The van der Waals surface area contributed by atoms with Crippen LogP contribution in [0.4, 0.5) is 0 Å². The van der Waals surface area contributed by atoms with Crippen LogP contribution in [-0.2, 0) is 4.79 Å². The molecule has 0 amide bonds. The van der Waals surface area contributed by atoms with E-state index in [0.717, 1.165) is 0 Å². The average molecular weight is 283 g/mol. The maximum absolute atomic E-state index is 11.0. The number of hydrogen-bond acceptors (Lipinski definition) is 2. The molecule has 0 aromatic carbocycles. The fraction of sp³-hybridized carbons (Fsp3) is 0.941. The Labute approximate surface area is 124 Å². The van der Waals surface area contributed by atoms with Crippen LogP contribution in [-0.4, -0.2) is 35.6 Å². The zero-order valence-electron chi connectivity index (χ0n) is 13.4. The zero-order valence-corrected chi connectivity index (χ0v) is 13.4. The molecular weight excluding hydrogens is 250 g/mol. The van der Waals surface area contributed by atoms with Crippen molar-refractivity contribution in [3.8, 4) is 0 Å². The Morgan fingerprint density at radius 3 is 1.80 bits per heavy atom. The molecule has 1 aliphatic rings. The Balaban J connectivity index is 2.42. The highest BCUT2D eigenvalue weighted by atomic mass is 16.4. The summed E-state index contributed by atoms with van der Waals surface area (Å²) in [6.07, 6.45) is 14.7. The van der Waals surface area contributed by atoms with E-state index in [4.69, 9.17) is 5.11 Å². The highest BCUT2D eigenvalue weighted by Gasteiger charge is 2.19. The number of hydrogen-bond donors (Lipinski definition) is 1. The molecule has 0 aromatic heterocycles. The van der Waals surface area contributed by atoms with Crippen LogP contribution in [0.25, 0.3) is 0 Å². The van der Waals surface area contributed by atoms with E-state index in [9.17, 15) is 4.79 Å². The van der Waals surface area contributed by atoms with Crippen molar-refractivity contribution in [3.63, 3.8) is 0 Å². The van der Waals surface area contributed by atoms with Crippen molar-refractivity contribution in [1.29, 1.82) is 0 Å². The van der Waals surface area contributed by atoms with Crippen molar-refractivity contribution in [2.45, 2.75) is 83.6 Å². The fourth-order valence-corrected chi connectivity index (χ4v) is 3.24. The number of rotatable bonds is 4. The van der Waals surface area contributed by atoms with E-state index in [2.05, 4.69) is 11.9 Å². The molecule has 1 aliphatic carbocycles. The van der Waals surface area contributed by atoms with E-state index in [1.54, 1.807) is 0 Å². The highest BCUT2D eigenvalue weighted by molar-refractivity contribution is 5.69. The molecular formula is C17H33NO2. The van der Waals surface area contributed by atoms with Gasteiger partial charge in [0.25, 0.3) is 0 Å².